The van der Waals surface area contributed by atoms with Gasteiger partial charge in [-0.1, -0.05) is 45.7 Å². The number of halogens is 2. The lowest BCUT2D eigenvalue weighted by Gasteiger charge is -2.15. The van der Waals surface area contributed by atoms with Gasteiger partial charge in [0.2, 0.25) is 0 Å². The zero-order valence-corrected chi connectivity index (χ0v) is 13.7. The normalized spacial score (nSPS) is 12.1. The first-order valence-electron chi connectivity index (χ1n) is 6.39. The Balaban J connectivity index is 2.13. The topological polar surface area (TPSA) is 55.2 Å². The van der Waals surface area contributed by atoms with Crippen molar-refractivity contribution in [3.63, 3.8) is 0 Å². The summed E-state index contributed by atoms with van der Waals surface area (Å²) in [5, 5.41) is 14.7. The Bertz CT molecular complexity index is 647. The van der Waals surface area contributed by atoms with Gasteiger partial charge in [0.05, 0.1) is 15.5 Å². The van der Waals surface area contributed by atoms with Gasteiger partial charge in [0.25, 0.3) is 5.69 Å². The molecule has 2 rings (SSSR count). The molecule has 0 heterocycles. The third kappa shape index (κ3) is 4.03. The average molecular weight is 370 g/mol. The highest BCUT2D eigenvalue weighted by molar-refractivity contribution is 9.10. The predicted molar refractivity (Wildman–Crippen MR) is 87.5 cm³/mol. The molecule has 0 unspecified atom stereocenters. The predicted octanol–water partition coefficient (Wildman–Crippen LogP) is 4.86. The largest absolute Gasteiger partial charge is 0.306 e. The van der Waals surface area contributed by atoms with Crippen molar-refractivity contribution in [3.8, 4) is 0 Å². The van der Waals surface area contributed by atoms with E-state index in [-0.39, 0.29) is 11.7 Å². The van der Waals surface area contributed by atoms with Crippen molar-refractivity contribution >= 4 is 33.2 Å². The zero-order valence-electron chi connectivity index (χ0n) is 11.3. The molecule has 0 bridgehead atoms. The van der Waals surface area contributed by atoms with Gasteiger partial charge in [-0.05, 0) is 30.7 Å². The van der Waals surface area contributed by atoms with Gasteiger partial charge in [-0.3, -0.25) is 10.1 Å². The summed E-state index contributed by atoms with van der Waals surface area (Å²) in [5.74, 6) is 0. The van der Waals surface area contributed by atoms with Crippen LogP contribution in [-0.2, 0) is 6.54 Å². The Morgan fingerprint density at radius 2 is 1.95 bits per heavy atom. The molecule has 0 aliphatic carbocycles. The van der Waals surface area contributed by atoms with Crippen LogP contribution in [0.4, 0.5) is 5.69 Å². The Morgan fingerprint density at radius 3 is 2.57 bits per heavy atom. The van der Waals surface area contributed by atoms with Crippen molar-refractivity contribution < 1.29 is 4.92 Å². The molecule has 110 valence electrons. The van der Waals surface area contributed by atoms with E-state index in [1.807, 2.05) is 31.2 Å². The van der Waals surface area contributed by atoms with Gasteiger partial charge in [-0.25, -0.2) is 0 Å². The van der Waals surface area contributed by atoms with Crippen molar-refractivity contribution in [3.05, 3.63) is 73.2 Å². The van der Waals surface area contributed by atoms with E-state index >= 15 is 0 Å². The van der Waals surface area contributed by atoms with Gasteiger partial charge < -0.3 is 5.32 Å². The molecule has 0 fully saturated rings. The van der Waals surface area contributed by atoms with Gasteiger partial charge in [-0.2, -0.15) is 0 Å². The molecule has 0 saturated heterocycles. The molecule has 2 aromatic carbocycles. The second kappa shape index (κ2) is 7.02. The summed E-state index contributed by atoms with van der Waals surface area (Å²) < 4.78 is 1.01. The lowest BCUT2D eigenvalue weighted by molar-refractivity contribution is -0.385. The molecule has 21 heavy (non-hydrogen) atoms. The molecule has 1 atom stereocenters. The van der Waals surface area contributed by atoms with Crippen LogP contribution < -0.4 is 5.32 Å². The fourth-order valence-electron chi connectivity index (χ4n) is 2.02. The van der Waals surface area contributed by atoms with E-state index in [1.54, 1.807) is 12.1 Å². The van der Waals surface area contributed by atoms with Crippen LogP contribution in [0.5, 0.6) is 0 Å². The van der Waals surface area contributed by atoms with Gasteiger partial charge >= 0.3 is 0 Å². The van der Waals surface area contributed by atoms with Crippen LogP contribution in [0.25, 0.3) is 0 Å². The summed E-state index contributed by atoms with van der Waals surface area (Å²) in [6.45, 7) is 2.35. The van der Waals surface area contributed by atoms with Crippen LogP contribution >= 0.6 is 27.5 Å². The molecule has 0 aliphatic rings. The first-order chi connectivity index (χ1) is 9.99. The second-order valence-electron chi connectivity index (χ2n) is 4.65. The van der Waals surface area contributed by atoms with E-state index in [2.05, 4.69) is 21.2 Å². The number of nitrogens with one attached hydrogen (secondary N) is 1. The molecule has 6 heteroatoms. The molecule has 0 aliphatic heterocycles. The Labute approximate surface area is 136 Å². The third-order valence-corrected chi connectivity index (χ3v) is 4.13. The number of nitro groups is 1. The Kier molecular flexibility index (Phi) is 5.33. The third-order valence-electron chi connectivity index (χ3n) is 3.25. The molecule has 2 aromatic rings. The summed E-state index contributed by atoms with van der Waals surface area (Å²) in [6.07, 6.45) is 0. The number of nitro benzene ring substituents is 1. The highest BCUT2D eigenvalue weighted by Gasteiger charge is 2.17. The van der Waals surface area contributed by atoms with Crippen LogP contribution in [-0.4, -0.2) is 4.92 Å². The maximum Gasteiger partial charge on any atom is 0.275 e. The average Bonchev–Trinajstić information content (AvgIpc) is 2.46. The van der Waals surface area contributed by atoms with Crippen molar-refractivity contribution in [1.29, 1.82) is 0 Å². The van der Waals surface area contributed by atoms with E-state index in [4.69, 9.17) is 11.6 Å². The summed E-state index contributed by atoms with van der Waals surface area (Å²) in [5.41, 5.74) is 1.65. The summed E-state index contributed by atoms with van der Waals surface area (Å²) in [6, 6.07) is 12.7. The first-order valence-corrected chi connectivity index (χ1v) is 7.56. The smallest absolute Gasteiger partial charge is 0.275 e. The minimum absolute atomic E-state index is 0.0398. The lowest BCUT2D eigenvalue weighted by Crippen LogP contribution is -2.19. The monoisotopic (exact) mass is 368 g/mol. The molecular formula is C15H14BrClN2O2. The molecule has 0 aromatic heterocycles. The number of nitrogens with zero attached hydrogens (tertiary/aromatic N) is 1. The minimum atomic E-state index is -0.410. The molecule has 0 amide bonds. The lowest BCUT2D eigenvalue weighted by atomic mass is 10.1. The van der Waals surface area contributed by atoms with Gasteiger partial charge in [0.15, 0.2) is 0 Å². The number of rotatable bonds is 5. The van der Waals surface area contributed by atoms with Crippen LogP contribution in [0, 0.1) is 10.1 Å². The number of hydrogen-bond acceptors (Lipinski definition) is 3. The quantitative estimate of drug-likeness (QED) is 0.605. The van der Waals surface area contributed by atoms with Crippen molar-refractivity contribution in [2.45, 2.75) is 19.5 Å². The summed E-state index contributed by atoms with van der Waals surface area (Å²) >= 11 is 9.47. The summed E-state index contributed by atoms with van der Waals surface area (Å²) in [4.78, 5) is 10.6. The maximum atomic E-state index is 11.0. The van der Waals surface area contributed by atoms with Crippen LogP contribution in [0.3, 0.4) is 0 Å². The van der Waals surface area contributed by atoms with E-state index in [9.17, 15) is 10.1 Å². The van der Waals surface area contributed by atoms with Crippen molar-refractivity contribution in [2.24, 2.45) is 0 Å². The zero-order chi connectivity index (χ0) is 15.4. The molecule has 0 saturated carbocycles. The van der Waals surface area contributed by atoms with Crippen LogP contribution in [0.2, 0.25) is 5.02 Å². The molecular weight excluding hydrogens is 356 g/mol. The van der Waals surface area contributed by atoms with E-state index < -0.39 is 4.92 Å². The molecule has 0 spiro atoms. The highest BCUT2D eigenvalue weighted by Crippen LogP contribution is 2.27. The first kappa shape index (κ1) is 15.9. The molecule has 1 N–H and O–H groups in total. The molecule has 4 nitrogen and oxygen atoms in total. The summed E-state index contributed by atoms with van der Waals surface area (Å²) in [7, 11) is 0. The van der Waals surface area contributed by atoms with Gasteiger partial charge in [0.1, 0.15) is 0 Å². The Morgan fingerprint density at radius 1 is 1.29 bits per heavy atom. The highest BCUT2D eigenvalue weighted by atomic mass is 79.9. The van der Waals surface area contributed by atoms with E-state index in [0.717, 1.165) is 10.0 Å². The molecule has 0 radical (unpaired) electrons. The van der Waals surface area contributed by atoms with Crippen molar-refractivity contribution in [1.82, 2.24) is 5.32 Å². The van der Waals surface area contributed by atoms with Crippen LogP contribution in [0.1, 0.15) is 24.1 Å². The van der Waals surface area contributed by atoms with Gasteiger partial charge in [-0.15, -0.1) is 0 Å². The standard InChI is InChI=1S/C15H14BrClN2O2/c1-10(11-5-7-12(16)8-6-11)18-9-13-14(17)3-2-4-15(13)19(20)21/h2-8,10,18H,9H2,1H3/t10-/m0/s1. The number of benzene rings is 2. The fraction of sp³-hybridized carbons (Fsp3) is 0.200. The fourth-order valence-corrected chi connectivity index (χ4v) is 2.52. The second-order valence-corrected chi connectivity index (χ2v) is 5.97. The van der Waals surface area contributed by atoms with Gasteiger partial charge in [0, 0.05) is 23.1 Å². The van der Waals surface area contributed by atoms with E-state index in [0.29, 0.717) is 17.1 Å². The maximum absolute atomic E-state index is 11.0. The SMILES string of the molecule is C[C@H](NCc1c(Cl)cccc1[N+](=O)[O-])c1ccc(Br)cc1. The number of hydrogen-bond donors (Lipinski definition) is 1. The minimum Gasteiger partial charge on any atom is -0.306 e. The van der Waals surface area contributed by atoms with Crippen LogP contribution in [0.15, 0.2) is 46.9 Å². The Hall–Kier alpha value is -1.43. The van der Waals surface area contributed by atoms with Crippen molar-refractivity contribution in [2.75, 3.05) is 0 Å². The van der Waals surface area contributed by atoms with E-state index in [1.165, 1.54) is 6.07 Å².